The van der Waals surface area contributed by atoms with Gasteiger partial charge in [0.05, 0.1) is 17.2 Å². The highest BCUT2D eigenvalue weighted by Crippen LogP contribution is 2.27. The maximum absolute atomic E-state index is 13.0. The lowest BCUT2D eigenvalue weighted by Crippen LogP contribution is -2.52. The van der Waals surface area contributed by atoms with Gasteiger partial charge in [0.1, 0.15) is 5.54 Å². The van der Waals surface area contributed by atoms with E-state index >= 15 is 0 Å². The molecule has 0 unspecified atom stereocenters. The number of esters is 1. The van der Waals surface area contributed by atoms with Gasteiger partial charge in [0, 0.05) is 13.6 Å². The Morgan fingerprint density at radius 3 is 2.27 bits per heavy atom. The number of carbonyl (C=O) groups excluding carboxylic acids is 3. The summed E-state index contributed by atoms with van der Waals surface area (Å²) in [5, 5.41) is 12.3. The lowest BCUT2D eigenvalue weighted by atomic mass is 9.83. The Kier molecular flexibility index (Phi) is 7.83. The molecule has 172 valence electrons. The van der Waals surface area contributed by atoms with Crippen LogP contribution in [0.2, 0.25) is 0 Å². The van der Waals surface area contributed by atoms with Gasteiger partial charge in [-0.2, -0.15) is 5.26 Å². The summed E-state index contributed by atoms with van der Waals surface area (Å²) in [6.45, 7) is 1.85. The van der Waals surface area contributed by atoms with Gasteiger partial charge in [-0.05, 0) is 37.5 Å². The van der Waals surface area contributed by atoms with Crippen LogP contribution >= 0.6 is 0 Å². The molecule has 1 atom stereocenters. The minimum absolute atomic E-state index is 0.0923. The zero-order valence-electron chi connectivity index (χ0n) is 19.0. The number of nitrogens with zero attached hydrogens (tertiary/aromatic N) is 2. The van der Waals surface area contributed by atoms with Crippen molar-refractivity contribution in [3.05, 3.63) is 71.3 Å². The summed E-state index contributed by atoms with van der Waals surface area (Å²) in [4.78, 5) is 40.1. The average Bonchev–Trinajstić information content (AvgIpc) is 2.84. The standard InChI is InChI=1S/C26H29N3O4/c1-19(23(30)28-26(18-27)15-9-4-10-16-26)33-25(32)22-14-8-7-13-21(22)24(31)29(2)17-20-11-5-3-6-12-20/h3,5-8,11-14,19H,4,9-10,15-17H2,1-2H3,(H,28,30)/t19-/m0/s1. The highest BCUT2D eigenvalue weighted by atomic mass is 16.5. The van der Waals surface area contributed by atoms with E-state index in [1.165, 1.54) is 17.9 Å². The first-order valence-corrected chi connectivity index (χ1v) is 11.2. The van der Waals surface area contributed by atoms with E-state index in [0.717, 1.165) is 24.8 Å². The Morgan fingerprint density at radius 2 is 1.64 bits per heavy atom. The van der Waals surface area contributed by atoms with Crippen molar-refractivity contribution in [1.29, 1.82) is 5.26 Å². The number of ether oxygens (including phenoxy) is 1. The van der Waals surface area contributed by atoms with Crippen molar-refractivity contribution in [2.45, 2.75) is 57.2 Å². The molecule has 1 fully saturated rings. The van der Waals surface area contributed by atoms with Crippen LogP contribution in [-0.4, -0.2) is 41.4 Å². The fourth-order valence-corrected chi connectivity index (χ4v) is 4.02. The first kappa shape index (κ1) is 24.0. The number of amides is 2. The molecule has 7 heteroatoms. The second kappa shape index (κ2) is 10.8. The molecule has 2 amide bonds. The predicted molar refractivity (Wildman–Crippen MR) is 123 cm³/mol. The molecule has 0 radical (unpaired) electrons. The number of rotatable bonds is 7. The van der Waals surface area contributed by atoms with Gasteiger partial charge < -0.3 is 15.0 Å². The Balaban J connectivity index is 1.68. The fraction of sp³-hybridized carbons (Fsp3) is 0.385. The van der Waals surface area contributed by atoms with E-state index in [4.69, 9.17) is 4.74 Å². The van der Waals surface area contributed by atoms with Crippen molar-refractivity contribution in [1.82, 2.24) is 10.2 Å². The smallest absolute Gasteiger partial charge is 0.339 e. The molecule has 3 rings (SSSR count). The Labute approximate surface area is 194 Å². The molecule has 0 aromatic heterocycles. The molecule has 7 nitrogen and oxygen atoms in total. The highest BCUT2D eigenvalue weighted by molar-refractivity contribution is 6.05. The van der Waals surface area contributed by atoms with Gasteiger partial charge in [0.25, 0.3) is 11.8 Å². The van der Waals surface area contributed by atoms with Gasteiger partial charge in [-0.25, -0.2) is 4.79 Å². The van der Waals surface area contributed by atoms with E-state index in [1.807, 2.05) is 30.3 Å². The summed E-state index contributed by atoms with van der Waals surface area (Å²) in [5.41, 5.74) is 0.348. The molecule has 0 heterocycles. The predicted octanol–water partition coefficient (Wildman–Crippen LogP) is 3.85. The van der Waals surface area contributed by atoms with E-state index in [9.17, 15) is 19.6 Å². The van der Waals surface area contributed by atoms with Gasteiger partial charge in [0.2, 0.25) is 0 Å². The molecule has 2 aromatic rings. The van der Waals surface area contributed by atoms with Crippen molar-refractivity contribution in [2.75, 3.05) is 7.05 Å². The molecule has 0 bridgehead atoms. The lowest BCUT2D eigenvalue weighted by Gasteiger charge is -2.32. The van der Waals surface area contributed by atoms with Gasteiger partial charge in [-0.15, -0.1) is 0 Å². The van der Waals surface area contributed by atoms with E-state index in [2.05, 4.69) is 11.4 Å². The molecule has 1 aliphatic carbocycles. The summed E-state index contributed by atoms with van der Waals surface area (Å²) in [6.07, 6.45) is 2.84. The number of benzene rings is 2. The average molecular weight is 448 g/mol. The number of nitrogens with one attached hydrogen (secondary N) is 1. The SMILES string of the molecule is C[C@H](OC(=O)c1ccccc1C(=O)N(C)Cc1ccccc1)C(=O)NC1(C#N)CCCCC1. The largest absolute Gasteiger partial charge is 0.449 e. The molecular formula is C26H29N3O4. The summed E-state index contributed by atoms with van der Waals surface area (Å²) >= 11 is 0. The minimum atomic E-state index is -1.10. The quantitative estimate of drug-likeness (QED) is 0.650. The highest BCUT2D eigenvalue weighted by Gasteiger charge is 2.35. The van der Waals surface area contributed by atoms with Crippen LogP contribution in [0.1, 0.15) is 65.3 Å². The van der Waals surface area contributed by atoms with Gasteiger partial charge in [-0.1, -0.05) is 61.7 Å². The summed E-state index contributed by atoms with van der Waals surface area (Å²) in [5.74, 6) is -1.60. The number of carbonyl (C=O) groups is 3. The first-order chi connectivity index (χ1) is 15.8. The molecule has 1 N–H and O–H groups in total. The maximum atomic E-state index is 13.0. The number of hydrogen-bond donors (Lipinski definition) is 1. The molecule has 1 aliphatic rings. The molecule has 0 spiro atoms. The van der Waals surface area contributed by atoms with Crippen LogP contribution < -0.4 is 5.32 Å². The van der Waals surface area contributed by atoms with Crippen LogP contribution in [0.4, 0.5) is 0 Å². The number of nitriles is 1. The molecular weight excluding hydrogens is 418 g/mol. The second-order valence-electron chi connectivity index (χ2n) is 8.48. The molecule has 1 saturated carbocycles. The second-order valence-corrected chi connectivity index (χ2v) is 8.48. The van der Waals surface area contributed by atoms with Gasteiger partial charge in [0.15, 0.2) is 6.10 Å². The topological polar surface area (TPSA) is 99.5 Å². The molecule has 33 heavy (non-hydrogen) atoms. The Hall–Kier alpha value is -3.66. The van der Waals surface area contributed by atoms with Gasteiger partial charge in [-0.3, -0.25) is 9.59 Å². The Morgan fingerprint density at radius 1 is 1.03 bits per heavy atom. The third-order valence-corrected chi connectivity index (χ3v) is 5.92. The summed E-state index contributed by atoms with van der Waals surface area (Å²) in [7, 11) is 1.67. The maximum Gasteiger partial charge on any atom is 0.339 e. The van der Waals surface area contributed by atoms with Crippen molar-refractivity contribution in [3.63, 3.8) is 0 Å². The van der Waals surface area contributed by atoms with Crippen LogP contribution in [0, 0.1) is 11.3 Å². The van der Waals surface area contributed by atoms with Crippen LogP contribution in [0.5, 0.6) is 0 Å². The molecule has 2 aromatic carbocycles. The molecule has 0 saturated heterocycles. The zero-order chi connectivity index (χ0) is 23.8. The first-order valence-electron chi connectivity index (χ1n) is 11.2. The fourth-order valence-electron chi connectivity index (χ4n) is 4.02. The third kappa shape index (κ3) is 5.98. The van der Waals surface area contributed by atoms with Crippen LogP contribution in [-0.2, 0) is 16.1 Å². The van der Waals surface area contributed by atoms with Crippen LogP contribution in [0.3, 0.4) is 0 Å². The van der Waals surface area contributed by atoms with Crippen molar-refractivity contribution < 1.29 is 19.1 Å². The summed E-state index contributed by atoms with van der Waals surface area (Å²) < 4.78 is 5.39. The van der Waals surface area contributed by atoms with Crippen molar-refractivity contribution in [2.24, 2.45) is 0 Å². The zero-order valence-corrected chi connectivity index (χ0v) is 19.0. The van der Waals surface area contributed by atoms with E-state index in [0.29, 0.717) is 19.4 Å². The van der Waals surface area contributed by atoms with E-state index in [-0.39, 0.29) is 17.0 Å². The van der Waals surface area contributed by atoms with Crippen LogP contribution in [0.15, 0.2) is 54.6 Å². The van der Waals surface area contributed by atoms with Crippen molar-refractivity contribution in [3.8, 4) is 6.07 Å². The van der Waals surface area contributed by atoms with Gasteiger partial charge >= 0.3 is 5.97 Å². The minimum Gasteiger partial charge on any atom is -0.449 e. The van der Waals surface area contributed by atoms with Crippen molar-refractivity contribution >= 4 is 17.8 Å². The normalized spacial score (nSPS) is 15.5. The van der Waals surface area contributed by atoms with Crippen LogP contribution in [0.25, 0.3) is 0 Å². The lowest BCUT2D eigenvalue weighted by molar-refractivity contribution is -0.130. The number of hydrogen-bond acceptors (Lipinski definition) is 5. The summed E-state index contributed by atoms with van der Waals surface area (Å²) in [6, 6.07) is 18.2. The molecule has 0 aliphatic heterocycles. The van der Waals surface area contributed by atoms with E-state index < -0.39 is 23.5 Å². The Bertz CT molecular complexity index is 1040. The van der Waals surface area contributed by atoms with E-state index in [1.54, 1.807) is 25.2 Å². The monoisotopic (exact) mass is 447 g/mol. The third-order valence-electron chi connectivity index (χ3n) is 5.92.